The van der Waals surface area contributed by atoms with Crippen LogP contribution in [0, 0.1) is 0 Å². The normalized spacial score (nSPS) is 14.4. The van der Waals surface area contributed by atoms with E-state index in [1.807, 2.05) is 0 Å². The molecule has 0 atom stereocenters. The maximum Gasteiger partial charge on any atom is 0.253 e. The van der Waals surface area contributed by atoms with Crippen LogP contribution >= 0.6 is 0 Å². The Labute approximate surface area is 113 Å². The molecule has 3 amide bonds. The highest BCUT2D eigenvalue weighted by Gasteiger charge is 2.21. The Hall–Kier alpha value is -1.65. The molecule has 2 N–H and O–H groups in total. The van der Waals surface area contributed by atoms with Crippen molar-refractivity contribution in [2.45, 2.75) is 51.4 Å². The van der Waals surface area contributed by atoms with Gasteiger partial charge in [-0.2, -0.15) is 0 Å². The lowest BCUT2D eigenvalue weighted by Crippen LogP contribution is -2.30. The highest BCUT2D eigenvalue weighted by atomic mass is 16.2. The summed E-state index contributed by atoms with van der Waals surface area (Å²) in [5, 5.41) is 0. The molecule has 0 aromatic heterocycles. The molecule has 0 bridgehead atoms. The first-order valence-corrected chi connectivity index (χ1v) is 6.93. The van der Waals surface area contributed by atoms with E-state index in [2.05, 4.69) is 0 Å². The molecule has 1 rings (SSSR count). The molecule has 0 aromatic carbocycles. The van der Waals surface area contributed by atoms with Crippen molar-refractivity contribution >= 4 is 17.7 Å². The minimum atomic E-state index is -0.228. The number of carbonyl (C=O) groups excluding carboxylic acids is 3. The third-order valence-corrected chi connectivity index (χ3v) is 3.21. The Balaban J connectivity index is 1.90. The molecule has 0 fully saturated rings. The molecule has 19 heavy (non-hydrogen) atoms. The van der Waals surface area contributed by atoms with Crippen LogP contribution < -0.4 is 5.73 Å². The zero-order chi connectivity index (χ0) is 14.1. The van der Waals surface area contributed by atoms with Crippen LogP contribution in [0.25, 0.3) is 0 Å². The molecule has 0 saturated carbocycles. The molecule has 1 aliphatic heterocycles. The SMILES string of the molecule is NC(=O)CCCCCCCCCN1C(=O)C=CC1=O. The summed E-state index contributed by atoms with van der Waals surface area (Å²) in [4.78, 5) is 34.3. The minimum absolute atomic E-state index is 0.198. The molecule has 1 heterocycles. The molecule has 0 aromatic rings. The molecule has 106 valence electrons. The van der Waals surface area contributed by atoms with Crippen LogP contribution in [0.5, 0.6) is 0 Å². The first-order valence-electron chi connectivity index (χ1n) is 6.93. The maximum atomic E-state index is 11.3. The zero-order valence-electron chi connectivity index (χ0n) is 11.3. The molecule has 5 heteroatoms. The van der Waals surface area contributed by atoms with E-state index in [9.17, 15) is 14.4 Å². The van der Waals surface area contributed by atoms with E-state index in [0.717, 1.165) is 44.9 Å². The fourth-order valence-corrected chi connectivity index (χ4v) is 2.10. The lowest BCUT2D eigenvalue weighted by atomic mass is 10.1. The molecular formula is C14H22N2O3. The Morgan fingerprint density at radius 2 is 1.37 bits per heavy atom. The van der Waals surface area contributed by atoms with Crippen LogP contribution in [0.4, 0.5) is 0 Å². The number of amides is 3. The van der Waals surface area contributed by atoms with Crippen LogP contribution in [-0.4, -0.2) is 29.2 Å². The molecule has 1 aliphatic rings. The summed E-state index contributed by atoms with van der Waals surface area (Å²) in [6.07, 6.45) is 10.2. The number of primary amides is 1. The first kappa shape index (κ1) is 15.4. The number of nitrogens with zero attached hydrogens (tertiary/aromatic N) is 1. The van der Waals surface area contributed by atoms with E-state index < -0.39 is 0 Å². The maximum absolute atomic E-state index is 11.3. The van der Waals surface area contributed by atoms with E-state index in [1.165, 1.54) is 17.1 Å². The Kier molecular flexibility index (Phi) is 6.85. The van der Waals surface area contributed by atoms with Crippen LogP contribution in [0.2, 0.25) is 0 Å². The standard InChI is InChI=1S/C14H22N2O3/c15-12(17)8-6-4-2-1-3-5-7-11-16-13(18)9-10-14(16)19/h9-10H,1-8,11H2,(H2,15,17). The second-order valence-corrected chi connectivity index (χ2v) is 4.85. The Morgan fingerprint density at radius 3 is 1.89 bits per heavy atom. The summed E-state index contributed by atoms with van der Waals surface area (Å²) < 4.78 is 0. The van der Waals surface area contributed by atoms with Crippen molar-refractivity contribution in [1.82, 2.24) is 4.90 Å². The monoisotopic (exact) mass is 266 g/mol. The van der Waals surface area contributed by atoms with Crippen LogP contribution in [0.3, 0.4) is 0 Å². The third-order valence-electron chi connectivity index (χ3n) is 3.21. The van der Waals surface area contributed by atoms with Crippen molar-refractivity contribution in [1.29, 1.82) is 0 Å². The van der Waals surface area contributed by atoms with Gasteiger partial charge in [0.2, 0.25) is 5.91 Å². The molecular weight excluding hydrogens is 244 g/mol. The summed E-state index contributed by atoms with van der Waals surface area (Å²) in [5.41, 5.74) is 5.05. The van der Waals surface area contributed by atoms with Crippen molar-refractivity contribution in [2.75, 3.05) is 6.54 Å². The number of imide groups is 1. The van der Waals surface area contributed by atoms with Crippen molar-refractivity contribution in [2.24, 2.45) is 5.73 Å². The van der Waals surface area contributed by atoms with Gasteiger partial charge in [-0.15, -0.1) is 0 Å². The summed E-state index contributed by atoms with van der Waals surface area (Å²) >= 11 is 0. The fourth-order valence-electron chi connectivity index (χ4n) is 2.10. The molecule has 0 saturated heterocycles. The Morgan fingerprint density at radius 1 is 0.895 bits per heavy atom. The minimum Gasteiger partial charge on any atom is -0.370 e. The van der Waals surface area contributed by atoms with E-state index in [0.29, 0.717) is 13.0 Å². The van der Waals surface area contributed by atoms with Crippen molar-refractivity contribution in [3.63, 3.8) is 0 Å². The number of nitrogens with two attached hydrogens (primary N) is 1. The van der Waals surface area contributed by atoms with Gasteiger partial charge in [0.25, 0.3) is 11.8 Å². The molecule has 0 spiro atoms. The summed E-state index contributed by atoms with van der Waals surface area (Å²) in [6.45, 7) is 0.520. The topological polar surface area (TPSA) is 80.5 Å². The van der Waals surface area contributed by atoms with Gasteiger partial charge in [0.05, 0.1) is 0 Å². The second-order valence-electron chi connectivity index (χ2n) is 4.85. The zero-order valence-corrected chi connectivity index (χ0v) is 11.3. The van der Waals surface area contributed by atoms with Crippen LogP contribution in [0.1, 0.15) is 51.4 Å². The van der Waals surface area contributed by atoms with Gasteiger partial charge < -0.3 is 5.73 Å². The van der Waals surface area contributed by atoms with Gasteiger partial charge in [-0.3, -0.25) is 19.3 Å². The quantitative estimate of drug-likeness (QED) is 0.481. The van der Waals surface area contributed by atoms with Gasteiger partial charge in [-0.05, 0) is 12.8 Å². The van der Waals surface area contributed by atoms with Crippen molar-refractivity contribution < 1.29 is 14.4 Å². The number of hydrogen-bond donors (Lipinski definition) is 1. The van der Waals surface area contributed by atoms with Gasteiger partial charge in [0, 0.05) is 25.1 Å². The predicted molar refractivity (Wildman–Crippen MR) is 72.0 cm³/mol. The van der Waals surface area contributed by atoms with Crippen molar-refractivity contribution in [3.05, 3.63) is 12.2 Å². The number of rotatable bonds is 10. The highest BCUT2D eigenvalue weighted by Crippen LogP contribution is 2.10. The molecule has 0 radical (unpaired) electrons. The number of carbonyl (C=O) groups is 3. The summed E-state index contributed by atoms with van der Waals surface area (Å²) in [7, 11) is 0. The summed E-state index contributed by atoms with van der Waals surface area (Å²) in [5.74, 6) is -0.624. The largest absolute Gasteiger partial charge is 0.370 e. The van der Waals surface area contributed by atoms with Crippen LogP contribution in [-0.2, 0) is 14.4 Å². The van der Waals surface area contributed by atoms with E-state index >= 15 is 0 Å². The Bertz CT molecular complexity index is 346. The van der Waals surface area contributed by atoms with Gasteiger partial charge in [0.15, 0.2) is 0 Å². The molecule has 0 unspecified atom stereocenters. The highest BCUT2D eigenvalue weighted by molar-refractivity contribution is 6.12. The number of unbranched alkanes of at least 4 members (excludes halogenated alkanes) is 6. The summed E-state index contributed by atoms with van der Waals surface area (Å²) in [6, 6.07) is 0. The lowest BCUT2D eigenvalue weighted by molar-refractivity contribution is -0.136. The molecule has 0 aliphatic carbocycles. The van der Waals surface area contributed by atoms with E-state index in [4.69, 9.17) is 5.73 Å². The fraction of sp³-hybridized carbons (Fsp3) is 0.643. The van der Waals surface area contributed by atoms with E-state index in [-0.39, 0.29) is 17.7 Å². The molecule has 5 nitrogen and oxygen atoms in total. The van der Waals surface area contributed by atoms with Gasteiger partial charge in [-0.25, -0.2) is 0 Å². The first-order chi connectivity index (χ1) is 9.11. The lowest BCUT2D eigenvalue weighted by Gasteiger charge is -2.12. The van der Waals surface area contributed by atoms with E-state index in [1.54, 1.807) is 0 Å². The van der Waals surface area contributed by atoms with Crippen LogP contribution in [0.15, 0.2) is 12.2 Å². The van der Waals surface area contributed by atoms with Gasteiger partial charge in [-0.1, -0.05) is 32.1 Å². The average Bonchev–Trinajstić information content (AvgIpc) is 2.67. The van der Waals surface area contributed by atoms with Crippen molar-refractivity contribution in [3.8, 4) is 0 Å². The average molecular weight is 266 g/mol. The predicted octanol–water partition coefficient (Wildman–Crippen LogP) is 1.52. The third kappa shape index (κ3) is 6.18. The second kappa shape index (κ2) is 8.45. The van der Waals surface area contributed by atoms with Gasteiger partial charge in [0.1, 0.15) is 0 Å². The number of hydrogen-bond acceptors (Lipinski definition) is 3. The van der Waals surface area contributed by atoms with Gasteiger partial charge >= 0.3 is 0 Å². The smallest absolute Gasteiger partial charge is 0.253 e.